The fourth-order valence-electron chi connectivity index (χ4n) is 2.33. The van der Waals surface area contributed by atoms with Crippen molar-refractivity contribution in [3.8, 4) is 0 Å². The van der Waals surface area contributed by atoms with Crippen molar-refractivity contribution >= 4 is 6.29 Å². The molecule has 1 heteroatoms. The van der Waals surface area contributed by atoms with E-state index in [1.54, 1.807) is 0 Å². The number of aldehydes is 1. The molecule has 2 unspecified atom stereocenters. The molecular weight excluding hydrogens is 124 g/mol. The molecule has 0 amide bonds. The van der Waals surface area contributed by atoms with E-state index < -0.39 is 0 Å². The van der Waals surface area contributed by atoms with Crippen LogP contribution in [0.2, 0.25) is 0 Å². The smallest absolute Gasteiger partial charge is 0.130 e. The molecule has 1 nitrogen and oxygen atoms in total. The number of allylic oxidation sites excluding steroid dienone is 2. The van der Waals surface area contributed by atoms with E-state index in [-0.39, 0.29) is 5.41 Å². The summed E-state index contributed by atoms with van der Waals surface area (Å²) in [5, 5.41) is 0. The molecular formula is C9H12O. The van der Waals surface area contributed by atoms with Crippen LogP contribution in [0.25, 0.3) is 0 Å². The van der Waals surface area contributed by atoms with Crippen LogP contribution in [0.3, 0.4) is 0 Å². The molecule has 54 valence electrons. The average Bonchev–Trinajstić information content (AvgIpc) is 2.42. The lowest BCUT2D eigenvalue weighted by Crippen LogP contribution is -2.20. The summed E-state index contributed by atoms with van der Waals surface area (Å²) in [6, 6.07) is 0. The molecule has 0 aromatic carbocycles. The molecule has 1 saturated carbocycles. The molecule has 0 heterocycles. The number of hydrogen-bond acceptors (Lipinski definition) is 1. The standard InChI is InChI=1S/C9H12O/c10-7-9-5-1-3-8(9)4-2-6-9/h1,5,7-8H,2-4,6H2. The molecule has 0 N–H and O–H groups in total. The maximum absolute atomic E-state index is 10.8. The van der Waals surface area contributed by atoms with Gasteiger partial charge in [0.2, 0.25) is 0 Å². The van der Waals surface area contributed by atoms with Gasteiger partial charge in [-0.25, -0.2) is 0 Å². The second kappa shape index (κ2) is 1.94. The number of carbonyl (C=O) groups excluding carboxylic acids is 1. The van der Waals surface area contributed by atoms with Crippen LogP contribution in [0.5, 0.6) is 0 Å². The van der Waals surface area contributed by atoms with Crippen LogP contribution in [0.4, 0.5) is 0 Å². The lowest BCUT2D eigenvalue weighted by Gasteiger charge is -2.19. The normalized spacial score (nSPS) is 43.8. The third-order valence-electron chi connectivity index (χ3n) is 2.99. The second-order valence-electron chi connectivity index (χ2n) is 3.46. The summed E-state index contributed by atoms with van der Waals surface area (Å²) in [6.07, 6.45) is 10.2. The highest BCUT2D eigenvalue weighted by molar-refractivity contribution is 5.65. The molecule has 0 aromatic rings. The van der Waals surface area contributed by atoms with Crippen molar-refractivity contribution < 1.29 is 4.79 Å². The topological polar surface area (TPSA) is 17.1 Å². The molecule has 0 spiro atoms. The first-order valence-corrected chi connectivity index (χ1v) is 4.01. The second-order valence-corrected chi connectivity index (χ2v) is 3.46. The van der Waals surface area contributed by atoms with Crippen LogP contribution in [-0.4, -0.2) is 6.29 Å². The van der Waals surface area contributed by atoms with Crippen LogP contribution in [0, 0.1) is 11.3 Å². The van der Waals surface area contributed by atoms with E-state index in [0.717, 1.165) is 19.1 Å². The Bertz CT molecular complexity index is 183. The first kappa shape index (κ1) is 6.14. The van der Waals surface area contributed by atoms with E-state index >= 15 is 0 Å². The summed E-state index contributed by atoms with van der Waals surface area (Å²) in [5.74, 6) is 0.657. The van der Waals surface area contributed by atoms with Gasteiger partial charge in [-0.2, -0.15) is 0 Å². The Morgan fingerprint density at radius 1 is 1.60 bits per heavy atom. The van der Waals surface area contributed by atoms with Gasteiger partial charge in [0.05, 0.1) is 0 Å². The van der Waals surface area contributed by atoms with E-state index in [9.17, 15) is 4.79 Å². The van der Waals surface area contributed by atoms with E-state index in [1.807, 2.05) is 0 Å². The van der Waals surface area contributed by atoms with Crippen LogP contribution >= 0.6 is 0 Å². The Morgan fingerprint density at radius 2 is 2.50 bits per heavy atom. The third-order valence-corrected chi connectivity index (χ3v) is 2.99. The van der Waals surface area contributed by atoms with Gasteiger partial charge in [0.1, 0.15) is 6.29 Å². The first-order valence-electron chi connectivity index (χ1n) is 4.01. The monoisotopic (exact) mass is 136 g/mol. The maximum Gasteiger partial charge on any atom is 0.130 e. The van der Waals surface area contributed by atoms with E-state index in [2.05, 4.69) is 12.2 Å². The number of carbonyl (C=O) groups is 1. The summed E-state index contributed by atoms with van der Waals surface area (Å²) < 4.78 is 0. The van der Waals surface area contributed by atoms with E-state index in [0.29, 0.717) is 5.92 Å². The Morgan fingerprint density at radius 3 is 3.20 bits per heavy atom. The lowest BCUT2D eigenvalue weighted by molar-refractivity contribution is -0.115. The van der Waals surface area contributed by atoms with Crippen molar-refractivity contribution in [3.05, 3.63) is 12.2 Å². The highest BCUT2D eigenvalue weighted by Gasteiger charge is 2.42. The first-order chi connectivity index (χ1) is 4.87. The molecule has 2 atom stereocenters. The Hall–Kier alpha value is -0.590. The maximum atomic E-state index is 10.8. The van der Waals surface area contributed by atoms with Crippen molar-refractivity contribution in [1.82, 2.24) is 0 Å². The molecule has 0 bridgehead atoms. The lowest BCUT2D eigenvalue weighted by atomic mass is 9.83. The third kappa shape index (κ3) is 0.606. The molecule has 0 saturated heterocycles. The van der Waals surface area contributed by atoms with Crippen molar-refractivity contribution in [1.29, 1.82) is 0 Å². The Kier molecular flexibility index (Phi) is 1.19. The number of fused-ring (bicyclic) bond motifs is 1. The van der Waals surface area contributed by atoms with Gasteiger partial charge in [-0.15, -0.1) is 0 Å². The van der Waals surface area contributed by atoms with Gasteiger partial charge in [-0.3, -0.25) is 0 Å². The zero-order valence-corrected chi connectivity index (χ0v) is 6.05. The zero-order valence-electron chi connectivity index (χ0n) is 6.05. The summed E-state index contributed by atoms with van der Waals surface area (Å²) in [5.41, 5.74) is -0.0139. The molecule has 2 rings (SSSR count). The van der Waals surface area contributed by atoms with Gasteiger partial charge in [0.15, 0.2) is 0 Å². The molecule has 0 aliphatic heterocycles. The van der Waals surface area contributed by atoms with Gasteiger partial charge in [-0.05, 0) is 25.2 Å². The predicted octanol–water partition coefficient (Wildman–Crippen LogP) is 1.93. The molecule has 2 aliphatic carbocycles. The van der Waals surface area contributed by atoms with Gasteiger partial charge in [0, 0.05) is 5.41 Å². The molecule has 2 aliphatic rings. The number of rotatable bonds is 1. The van der Waals surface area contributed by atoms with E-state index in [4.69, 9.17) is 0 Å². The highest BCUT2D eigenvalue weighted by atomic mass is 16.1. The number of hydrogen-bond donors (Lipinski definition) is 0. The van der Waals surface area contributed by atoms with Crippen molar-refractivity contribution in [2.24, 2.45) is 11.3 Å². The zero-order chi connectivity index (χ0) is 7.03. The minimum atomic E-state index is -0.0139. The molecule has 0 radical (unpaired) electrons. The van der Waals surface area contributed by atoms with Crippen molar-refractivity contribution in [2.75, 3.05) is 0 Å². The fraction of sp³-hybridized carbons (Fsp3) is 0.667. The minimum absolute atomic E-state index is 0.0139. The largest absolute Gasteiger partial charge is 0.302 e. The van der Waals surface area contributed by atoms with Crippen molar-refractivity contribution in [2.45, 2.75) is 25.7 Å². The van der Waals surface area contributed by atoms with Gasteiger partial charge in [0.25, 0.3) is 0 Å². The van der Waals surface area contributed by atoms with Crippen LogP contribution < -0.4 is 0 Å². The van der Waals surface area contributed by atoms with Crippen LogP contribution in [-0.2, 0) is 4.79 Å². The quantitative estimate of drug-likeness (QED) is 0.397. The van der Waals surface area contributed by atoms with Gasteiger partial charge < -0.3 is 4.79 Å². The van der Waals surface area contributed by atoms with E-state index in [1.165, 1.54) is 12.8 Å². The Labute approximate surface area is 61.1 Å². The molecule has 0 aromatic heterocycles. The van der Waals surface area contributed by atoms with Gasteiger partial charge in [-0.1, -0.05) is 18.6 Å². The summed E-state index contributed by atoms with van der Waals surface area (Å²) in [4.78, 5) is 10.8. The van der Waals surface area contributed by atoms with Gasteiger partial charge >= 0.3 is 0 Å². The fourth-order valence-corrected chi connectivity index (χ4v) is 2.33. The highest BCUT2D eigenvalue weighted by Crippen LogP contribution is 2.48. The Balaban J connectivity index is 2.30. The predicted molar refractivity (Wildman–Crippen MR) is 39.6 cm³/mol. The van der Waals surface area contributed by atoms with Crippen molar-refractivity contribution in [3.63, 3.8) is 0 Å². The summed E-state index contributed by atoms with van der Waals surface area (Å²) >= 11 is 0. The summed E-state index contributed by atoms with van der Waals surface area (Å²) in [6.45, 7) is 0. The minimum Gasteiger partial charge on any atom is -0.302 e. The van der Waals surface area contributed by atoms with Crippen LogP contribution in [0.15, 0.2) is 12.2 Å². The SMILES string of the molecule is O=CC12C=CCC1CCC2. The molecule has 10 heavy (non-hydrogen) atoms. The average molecular weight is 136 g/mol. The molecule has 1 fully saturated rings. The summed E-state index contributed by atoms with van der Waals surface area (Å²) in [7, 11) is 0. The van der Waals surface area contributed by atoms with Crippen LogP contribution in [0.1, 0.15) is 25.7 Å².